The lowest BCUT2D eigenvalue weighted by Crippen LogP contribution is -2.33. The molecular weight excluding hydrogens is 250 g/mol. The predicted octanol–water partition coefficient (Wildman–Crippen LogP) is 1.30. The number of carbonyl (C=O) groups is 1. The molecule has 0 bridgehead atoms. The van der Waals surface area contributed by atoms with E-state index in [0.717, 1.165) is 6.42 Å². The molecule has 0 aliphatic carbocycles. The van der Waals surface area contributed by atoms with Crippen LogP contribution in [0.15, 0.2) is 12.1 Å². The van der Waals surface area contributed by atoms with E-state index < -0.39 is 10.5 Å². The lowest BCUT2D eigenvalue weighted by atomic mass is 9.98. The first-order chi connectivity index (χ1) is 8.89. The number of H-pyrrole nitrogens is 1. The molecule has 0 spiro atoms. The Morgan fingerprint density at radius 1 is 1.47 bits per heavy atom. The molecular formula is C12H17N3O4. The normalized spacial score (nSPS) is 24.0. The highest BCUT2D eigenvalue weighted by Crippen LogP contribution is 2.22. The lowest BCUT2D eigenvalue weighted by Gasteiger charge is -2.21. The quantitative estimate of drug-likeness (QED) is 0.623. The number of aromatic amines is 1. The Morgan fingerprint density at radius 3 is 2.84 bits per heavy atom. The number of nitrogens with zero attached hydrogens (tertiary/aromatic N) is 2. The number of rotatable bonds is 2. The highest BCUT2D eigenvalue weighted by atomic mass is 16.6. The van der Waals surface area contributed by atoms with Crippen LogP contribution in [-0.4, -0.2) is 44.5 Å². The van der Waals surface area contributed by atoms with E-state index in [1.165, 1.54) is 12.1 Å². The van der Waals surface area contributed by atoms with Gasteiger partial charge in [-0.15, -0.1) is 0 Å². The highest BCUT2D eigenvalue weighted by Gasteiger charge is 2.29. The third-order valence-electron chi connectivity index (χ3n) is 3.45. The summed E-state index contributed by atoms with van der Waals surface area (Å²) in [5.41, 5.74) is -0.523. The Morgan fingerprint density at radius 2 is 2.21 bits per heavy atom. The third-order valence-corrected chi connectivity index (χ3v) is 3.45. The zero-order valence-electron chi connectivity index (χ0n) is 10.8. The molecule has 0 saturated carbocycles. The maximum atomic E-state index is 12.2. The Bertz CT molecular complexity index is 495. The minimum absolute atomic E-state index is 0.190. The summed E-state index contributed by atoms with van der Waals surface area (Å²) in [5.74, 6) is -0.448. The first kappa shape index (κ1) is 13.5. The van der Waals surface area contributed by atoms with Crippen molar-refractivity contribution in [2.45, 2.75) is 31.8 Å². The summed E-state index contributed by atoms with van der Waals surface area (Å²) in [7, 11) is 0. The number of nitrogens with one attached hydrogen (secondary N) is 1. The largest absolute Gasteiger partial charge is 0.390 e. The molecule has 0 aromatic carbocycles. The molecule has 104 valence electrons. The van der Waals surface area contributed by atoms with E-state index in [-0.39, 0.29) is 17.4 Å². The van der Waals surface area contributed by atoms with Crippen molar-refractivity contribution in [3.05, 3.63) is 27.9 Å². The standard InChI is InChI=1S/C12H17N3O4/c1-12(17)5-2-7-14(8-6-12)11(16)9-3-4-10(13-9)15(18)19/h3-4,13,17H,2,5-8H2,1H3. The van der Waals surface area contributed by atoms with E-state index in [0.29, 0.717) is 25.9 Å². The van der Waals surface area contributed by atoms with Gasteiger partial charge in [0.25, 0.3) is 5.91 Å². The van der Waals surface area contributed by atoms with Crippen molar-refractivity contribution in [1.82, 2.24) is 9.88 Å². The molecule has 2 N–H and O–H groups in total. The van der Waals surface area contributed by atoms with Crippen LogP contribution in [0.5, 0.6) is 0 Å². The van der Waals surface area contributed by atoms with Crippen LogP contribution in [0.3, 0.4) is 0 Å². The summed E-state index contributed by atoms with van der Waals surface area (Å²) in [6, 6.07) is 2.70. The van der Waals surface area contributed by atoms with Gasteiger partial charge in [0.05, 0.1) is 5.60 Å². The third kappa shape index (κ3) is 3.11. The van der Waals surface area contributed by atoms with Gasteiger partial charge in [0.2, 0.25) is 0 Å². The van der Waals surface area contributed by atoms with Crippen molar-refractivity contribution in [1.29, 1.82) is 0 Å². The molecule has 2 rings (SSSR count). The summed E-state index contributed by atoms with van der Waals surface area (Å²) in [6.07, 6.45) is 1.89. The second kappa shape index (κ2) is 5.00. The molecule has 1 aliphatic heterocycles. The molecule has 1 aromatic heterocycles. The van der Waals surface area contributed by atoms with Gasteiger partial charge >= 0.3 is 5.82 Å². The molecule has 1 saturated heterocycles. The summed E-state index contributed by atoms with van der Waals surface area (Å²) >= 11 is 0. The van der Waals surface area contributed by atoms with Crippen LogP contribution in [0.25, 0.3) is 0 Å². The van der Waals surface area contributed by atoms with E-state index in [4.69, 9.17) is 0 Å². The molecule has 1 amide bonds. The second-order valence-corrected chi connectivity index (χ2v) is 5.16. The zero-order chi connectivity index (χ0) is 14.0. The maximum Gasteiger partial charge on any atom is 0.321 e. The average Bonchev–Trinajstić information content (AvgIpc) is 2.75. The van der Waals surface area contributed by atoms with Crippen LogP contribution in [0, 0.1) is 10.1 Å². The molecule has 1 fully saturated rings. The van der Waals surface area contributed by atoms with Crippen molar-refractivity contribution in [3.8, 4) is 0 Å². The molecule has 19 heavy (non-hydrogen) atoms. The van der Waals surface area contributed by atoms with E-state index in [1.807, 2.05) is 0 Å². The number of likely N-dealkylation sites (tertiary alicyclic amines) is 1. The van der Waals surface area contributed by atoms with Crippen LogP contribution in [0.4, 0.5) is 5.82 Å². The molecule has 7 nitrogen and oxygen atoms in total. The average molecular weight is 267 g/mol. The van der Waals surface area contributed by atoms with Crippen molar-refractivity contribution in [2.24, 2.45) is 0 Å². The minimum Gasteiger partial charge on any atom is -0.390 e. The van der Waals surface area contributed by atoms with Gasteiger partial charge in [-0.2, -0.15) is 0 Å². The number of nitro groups is 1. The number of hydrogen-bond acceptors (Lipinski definition) is 4. The van der Waals surface area contributed by atoms with Gasteiger partial charge in [-0.3, -0.25) is 4.79 Å². The second-order valence-electron chi connectivity index (χ2n) is 5.16. The summed E-state index contributed by atoms with van der Waals surface area (Å²) in [5, 5.41) is 20.5. The number of aromatic nitrogens is 1. The van der Waals surface area contributed by atoms with E-state index in [1.54, 1.807) is 11.8 Å². The fourth-order valence-corrected chi connectivity index (χ4v) is 2.25. The number of hydrogen-bond donors (Lipinski definition) is 2. The molecule has 0 radical (unpaired) electrons. The smallest absolute Gasteiger partial charge is 0.321 e. The number of amides is 1. The van der Waals surface area contributed by atoms with E-state index in [2.05, 4.69) is 4.98 Å². The van der Waals surface area contributed by atoms with Gasteiger partial charge in [-0.25, -0.2) is 4.98 Å². The minimum atomic E-state index is -0.739. The van der Waals surface area contributed by atoms with Gasteiger partial charge in [-0.05, 0) is 37.2 Å². The van der Waals surface area contributed by atoms with Crippen molar-refractivity contribution in [3.63, 3.8) is 0 Å². The summed E-state index contributed by atoms with van der Waals surface area (Å²) < 4.78 is 0. The van der Waals surface area contributed by atoms with Crippen LogP contribution in [0.2, 0.25) is 0 Å². The molecule has 2 heterocycles. The molecule has 1 aromatic rings. The fraction of sp³-hybridized carbons (Fsp3) is 0.583. The Hall–Kier alpha value is -1.89. The van der Waals surface area contributed by atoms with E-state index >= 15 is 0 Å². The first-order valence-corrected chi connectivity index (χ1v) is 6.24. The van der Waals surface area contributed by atoms with Crippen molar-refractivity contribution >= 4 is 11.7 Å². The SMILES string of the molecule is CC1(O)CCCN(C(=O)c2ccc([N+](=O)[O-])[nH]2)CC1. The zero-order valence-corrected chi connectivity index (χ0v) is 10.8. The molecule has 1 atom stereocenters. The molecule has 7 heteroatoms. The Labute approximate surface area is 110 Å². The highest BCUT2D eigenvalue weighted by molar-refractivity contribution is 5.92. The molecule has 1 unspecified atom stereocenters. The van der Waals surface area contributed by atoms with Gasteiger partial charge in [0, 0.05) is 19.2 Å². The first-order valence-electron chi connectivity index (χ1n) is 6.24. The van der Waals surface area contributed by atoms with Crippen molar-refractivity contribution in [2.75, 3.05) is 13.1 Å². The summed E-state index contributed by atoms with van der Waals surface area (Å²) in [4.78, 5) is 26.3. The van der Waals surface area contributed by atoms with Gasteiger partial charge < -0.3 is 20.1 Å². The molecule has 1 aliphatic rings. The van der Waals surface area contributed by atoms with E-state index in [9.17, 15) is 20.0 Å². The lowest BCUT2D eigenvalue weighted by molar-refractivity contribution is -0.389. The predicted molar refractivity (Wildman–Crippen MR) is 67.8 cm³/mol. The topological polar surface area (TPSA) is 99.5 Å². The number of carbonyl (C=O) groups excluding carboxylic acids is 1. The maximum absolute atomic E-state index is 12.2. The number of aliphatic hydroxyl groups is 1. The van der Waals surface area contributed by atoms with Gasteiger partial charge in [-0.1, -0.05) is 0 Å². The van der Waals surface area contributed by atoms with Crippen LogP contribution in [-0.2, 0) is 0 Å². The summed E-state index contributed by atoms with van der Waals surface area (Å²) in [6.45, 7) is 2.78. The van der Waals surface area contributed by atoms with Gasteiger partial charge in [0.15, 0.2) is 5.69 Å². The Kier molecular flexibility index (Phi) is 3.57. The fourth-order valence-electron chi connectivity index (χ4n) is 2.25. The van der Waals surface area contributed by atoms with Crippen LogP contribution in [0.1, 0.15) is 36.7 Å². The van der Waals surface area contributed by atoms with Crippen molar-refractivity contribution < 1.29 is 14.8 Å². The van der Waals surface area contributed by atoms with Crippen LogP contribution >= 0.6 is 0 Å². The van der Waals surface area contributed by atoms with Gasteiger partial charge in [0.1, 0.15) is 0 Å². The Balaban J connectivity index is 2.08. The van der Waals surface area contributed by atoms with Crippen LogP contribution < -0.4 is 0 Å². The monoisotopic (exact) mass is 267 g/mol.